The number of nitrogens with zero attached hydrogens (tertiary/aromatic N) is 3. The zero-order valence-corrected chi connectivity index (χ0v) is 19.5. The molecule has 1 atom stereocenters. The number of urea groups is 1. The number of hydrogen-bond acceptors (Lipinski definition) is 4. The van der Waals surface area contributed by atoms with Crippen LogP contribution in [0.15, 0.2) is 48.5 Å². The summed E-state index contributed by atoms with van der Waals surface area (Å²) in [5.74, 6) is 0. The molecule has 2 aromatic carbocycles. The molecular weight excluding hydrogens is 398 g/mol. The number of likely N-dealkylation sites (N-methyl/N-ethyl adjacent to an activating group) is 2. The van der Waals surface area contributed by atoms with Crippen molar-refractivity contribution in [2.24, 2.45) is 0 Å². The summed E-state index contributed by atoms with van der Waals surface area (Å²) in [5, 5.41) is 6.18. The molecule has 2 aliphatic heterocycles. The molecule has 1 saturated heterocycles. The van der Waals surface area contributed by atoms with Gasteiger partial charge in [-0.2, -0.15) is 0 Å². The van der Waals surface area contributed by atoms with E-state index in [0.717, 1.165) is 52.0 Å². The third-order valence-electron chi connectivity index (χ3n) is 6.82. The minimum absolute atomic E-state index is 0.0712. The van der Waals surface area contributed by atoms with E-state index in [-0.39, 0.29) is 12.1 Å². The standard InChI is InChI=1S/C26H37N5O/c1-29-15-17-31(18-16-29)25(22-10-11-24-23(19-22)12-14-30(24)2)20-28-26(32)27-13-6-9-21-7-4-3-5-8-21/h3-5,7-8,10-11,19,25H,6,9,12-18,20H2,1-2H3,(H2,27,28,32)/t25-/m0/s1. The fourth-order valence-corrected chi connectivity index (χ4v) is 4.78. The van der Waals surface area contributed by atoms with E-state index in [1.807, 2.05) is 6.07 Å². The minimum atomic E-state index is -0.0712. The Labute approximate surface area is 192 Å². The van der Waals surface area contributed by atoms with E-state index in [9.17, 15) is 4.79 Å². The van der Waals surface area contributed by atoms with E-state index in [2.05, 4.69) is 81.9 Å². The largest absolute Gasteiger partial charge is 0.374 e. The van der Waals surface area contributed by atoms with Crippen molar-refractivity contribution in [3.8, 4) is 0 Å². The maximum atomic E-state index is 12.5. The molecule has 2 N–H and O–H groups in total. The Bertz CT molecular complexity index is 879. The molecule has 0 aromatic heterocycles. The lowest BCUT2D eigenvalue weighted by atomic mass is 10.00. The van der Waals surface area contributed by atoms with Gasteiger partial charge in [0.25, 0.3) is 0 Å². The van der Waals surface area contributed by atoms with Gasteiger partial charge in [-0.05, 0) is 49.1 Å². The molecule has 6 nitrogen and oxygen atoms in total. The Hall–Kier alpha value is -2.57. The molecule has 0 unspecified atom stereocenters. The van der Waals surface area contributed by atoms with Crippen molar-refractivity contribution in [2.75, 3.05) is 64.8 Å². The number of rotatable bonds is 8. The lowest BCUT2D eigenvalue weighted by Crippen LogP contribution is -2.49. The molecule has 0 spiro atoms. The highest BCUT2D eigenvalue weighted by Crippen LogP contribution is 2.31. The lowest BCUT2D eigenvalue weighted by molar-refractivity contribution is 0.111. The monoisotopic (exact) mass is 435 g/mol. The molecule has 0 radical (unpaired) electrons. The Kier molecular flexibility index (Phi) is 7.66. The predicted molar refractivity (Wildman–Crippen MR) is 131 cm³/mol. The zero-order valence-electron chi connectivity index (χ0n) is 19.5. The molecule has 2 aromatic rings. The van der Waals surface area contributed by atoms with Crippen LogP contribution in [0.1, 0.15) is 29.2 Å². The van der Waals surface area contributed by atoms with E-state index >= 15 is 0 Å². The topological polar surface area (TPSA) is 50.9 Å². The minimum Gasteiger partial charge on any atom is -0.374 e. The van der Waals surface area contributed by atoms with E-state index in [1.165, 1.54) is 22.4 Å². The summed E-state index contributed by atoms with van der Waals surface area (Å²) >= 11 is 0. The van der Waals surface area contributed by atoms with E-state index < -0.39 is 0 Å². The van der Waals surface area contributed by atoms with Crippen molar-refractivity contribution >= 4 is 11.7 Å². The molecular formula is C26H37N5O. The van der Waals surface area contributed by atoms with Crippen molar-refractivity contribution in [3.05, 3.63) is 65.2 Å². The van der Waals surface area contributed by atoms with Crippen LogP contribution in [0.25, 0.3) is 0 Å². The van der Waals surface area contributed by atoms with Crippen LogP contribution in [0.2, 0.25) is 0 Å². The fourth-order valence-electron chi connectivity index (χ4n) is 4.78. The van der Waals surface area contributed by atoms with Gasteiger partial charge >= 0.3 is 6.03 Å². The van der Waals surface area contributed by atoms with Crippen molar-refractivity contribution in [1.29, 1.82) is 0 Å². The Morgan fingerprint density at radius 1 is 0.969 bits per heavy atom. The third kappa shape index (κ3) is 5.81. The van der Waals surface area contributed by atoms with Crippen molar-refractivity contribution in [1.82, 2.24) is 20.4 Å². The third-order valence-corrected chi connectivity index (χ3v) is 6.82. The highest BCUT2D eigenvalue weighted by Gasteiger charge is 2.26. The first kappa shape index (κ1) is 22.6. The predicted octanol–water partition coefficient (Wildman–Crippen LogP) is 2.90. The quantitative estimate of drug-likeness (QED) is 0.626. The molecule has 1 fully saturated rings. The first-order valence-corrected chi connectivity index (χ1v) is 11.9. The molecule has 6 heteroatoms. The van der Waals surface area contributed by atoms with Crippen LogP contribution in [0, 0.1) is 0 Å². The second-order valence-corrected chi connectivity index (χ2v) is 9.14. The van der Waals surface area contributed by atoms with Gasteiger partial charge in [-0.3, -0.25) is 4.90 Å². The number of aryl methyl sites for hydroxylation is 1. The van der Waals surface area contributed by atoms with Gasteiger partial charge in [0.2, 0.25) is 0 Å². The lowest BCUT2D eigenvalue weighted by Gasteiger charge is -2.38. The average Bonchev–Trinajstić information content (AvgIpc) is 3.19. The first-order valence-electron chi connectivity index (χ1n) is 11.9. The summed E-state index contributed by atoms with van der Waals surface area (Å²) in [6.07, 6.45) is 3.02. The SMILES string of the molecule is CN1CCN([C@@H](CNC(=O)NCCCc2ccccc2)c2ccc3c(c2)CCN3C)CC1. The maximum Gasteiger partial charge on any atom is 0.314 e. The van der Waals surface area contributed by atoms with E-state index in [0.29, 0.717) is 13.1 Å². The molecule has 2 amide bonds. The van der Waals surface area contributed by atoms with Crippen LogP contribution in [0.4, 0.5) is 10.5 Å². The molecule has 4 rings (SSSR count). The fraction of sp³-hybridized carbons (Fsp3) is 0.500. The number of carbonyl (C=O) groups is 1. The van der Waals surface area contributed by atoms with Crippen LogP contribution in [0.5, 0.6) is 0 Å². The number of benzene rings is 2. The van der Waals surface area contributed by atoms with Gasteiger partial charge in [0, 0.05) is 58.5 Å². The van der Waals surface area contributed by atoms with Gasteiger partial charge in [0.15, 0.2) is 0 Å². The molecule has 0 bridgehead atoms. The summed E-state index contributed by atoms with van der Waals surface area (Å²) < 4.78 is 0. The molecule has 0 aliphatic carbocycles. The smallest absolute Gasteiger partial charge is 0.314 e. The number of fused-ring (bicyclic) bond motifs is 1. The van der Waals surface area contributed by atoms with E-state index in [1.54, 1.807) is 0 Å². The van der Waals surface area contributed by atoms with Gasteiger partial charge in [-0.15, -0.1) is 0 Å². The number of amides is 2. The number of piperazine rings is 1. The van der Waals surface area contributed by atoms with Crippen LogP contribution >= 0.6 is 0 Å². The molecule has 32 heavy (non-hydrogen) atoms. The van der Waals surface area contributed by atoms with Gasteiger partial charge < -0.3 is 20.4 Å². The van der Waals surface area contributed by atoms with Crippen LogP contribution in [-0.2, 0) is 12.8 Å². The summed E-state index contributed by atoms with van der Waals surface area (Å²) in [6.45, 7) is 6.58. The van der Waals surface area contributed by atoms with Crippen LogP contribution < -0.4 is 15.5 Å². The van der Waals surface area contributed by atoms with Crippen LogP contribution in [-0.4, -0.2) is 75.7 Å². The summed E-state index contributed by atoms with van der Waals surface area (Å²) in [7, 11) is 4.34. The Balaban J connectivity index is 1.33. The molecule has 2 aliphatic rings. The van der Waals surface area contributed by atoms with Crippen molar-refractivity contribution < 1.29 is 4.79 Å². The summed E-state index contributed by atoms with van der Waals surface area (Å²) in [5.41, 5.74) is 5.39. The normalized spacial score (nSPS) is 17.8. The number of hydrogen-bond donors (Lipinski definition) is 2. The maximum absolute atomic E-state index is 12.5. The molecule has 2 heterocycles. The van der Waals surface area contributed by atoms with Gasteiger partial charge in [-0.25, -0.2) is 4.79 Å². The number of nitrogens with one attached hydrogen (secondary N) is 2. The van der Waals surface area contributed by atoms with Crippen molar-refractivity contribution in [2.45, 2.75) is 25.3 Å². The summed E-state index contributed by atoms with van der Waals surface area (Å²) in [4.78, 5) is 19.7. The van der Waals surface area contributed by atoms with Gasteiger partial charge in [0.05, 0.1) is 6.04 Å². The second kappa shape index (κ2) is 10.8. The zero-order chi connectivity index (χ0) is 22.3. The van der Waals surface area contributed by atoms with Crippen LogP contribution in [0.3, 0.4) is 0 Å². The number of carbonyl (C=O) groups excluding carboxylic acids is 1. The number of anilines is 1. The molecule has 0 saturated carbocycles. The van der Waals surface area contributed by atoms with E-state index in [4.69, 9.17) is 0 Å². The Morgan fingerprint density at radius 2 is 1.75 bits per heavy atom. The van der Waals surface area contributed by atoms with Crippen molar-refractivity contribution in [3.63, 3.8) is 0 Å². The average molecular weight is 436 g/mol. The highest BCUT2D eigenvalue weighted by atomic mass is 16.2. The molecule has 172 valence electrons. The second-order valence-electron chi connectivity index (χ2n) is 9.14. The van der Waals surface area contributed by atoms with Gasteiger partial charge in [0.1, 0.15) is 0 Å². The Morgan fingerprint density at radius 3 is 2.53 bits per heavy atom. The first-order chi connectivity index (χ1) is 15.6. The summed E-state index contributed by atoms with van der Waals surface area (Å²) in [6, 6.07) is 17.4. The van der Waals surface area contributed by atoms with Gasteiger partial charge in [-0.1, -0.05) is 42.5 Å². The highest BCUT2D eigenvalue weighted by molar-refractivity contribution is 5.73.